The van der Waals surface area contributed by atoms with Gasteiger partial charge in [-0.1, -0.05) is 65.2 Å². The lowest BCUT2D eigenvalue weighted by molar-refractivity contribution is -0.136. The molecule has 0 radical (unpaired) electrons. The van der Waals surface area contributed by atoms with E-state index in [2.05, 4.69) is 6.07 Å². The molecule has 0 saturated heterocycles. The van der Waals surface area contributed by atoms with E-state index in [9.17, 15) is 14.7 Å². The highest BCUT2D eigenvalue weighted by atomic mass is 35.5. The maximum Gasteiger partial charge on any atom is 0.264 e. The summed E-state index contributed by atoms with van der Waals surface area (Å²) in [5.41, 5.74) is 3.67. The molecule has 1 N–H and O–H groups in total. The van der Waals surface area contributed by atoms with Crippen LogP contribution < -0.4 is 4.90 Å². The van der Waals surface area contributed by atoms with Crippen LogP contribution in [0.1, 0.15) is 44.6 Å². The minimum Gasteiger partial charge on any atom is -0.375 e. The van der Waals surface area contributed by atoms with Crippen molar-refractivity contribution in [2.24, 2.45) is 0 Å². The third-order valence-electron chi connectivity index (χ3n) is 5.91. The molecule has 0 fully saturated rings. The Morgan fingerprint density at radius 3 is 2.32 bits per heavy atom. The summed E-state index contributed by atoms with van der Waals surface area (Å²) in [6.07, 6.45) is -0.342. The molecule has 158 valence electrons. The van der Waals surface area contributed by atoms with Crippen molar-refractivity contribution in [2.75, 3.05) is 4.90 Å². The van der Waals surface area contributed by atoms with Crippen molar-refractivity contribution < 1.29 is 14.7 Å². The van der Waals surface area contributed by atoms with Gasteiger partial charge in [0.05, 0.1) is 18.7 Å². The number of aryl methyl sites for hydroxylation is 3. The van der Waals surface area contributed by atoms with Gasteiger partial charge in [0.25, 0.3) is 5.91 Å². The Kier molecular flexibility index (Phi) is 5.46. The fourth-order valence-corrected chi connectivity index (χ4v) is 4.29. The van der Waals surface area contributed by atoms with E-state index in [1.165, 1.54) is 0 Å². The van der Waals surface area contributed by atoms with E-state index in [0.29, 0.717) is 28.4 Å². The number of carbonyl (C=O) groups is 2. The molecule has 4 nitrogen and oxygen atoms in total. The number of carbonyl (C=O) groups excluding carboxylic acids is 2. The number of halogens is 1. The molecule has 1 amide bonds. The van der Waals surface area contributed by atoms with E-state index >= 15 is 0 Å². The number of nitrogens with zero attached hydrogens (tertiary/aromatic N) is 1. The van der Waals surface area contributed by atoms with E-state index in [1.54, 1.807) is 35.2 Å². The molecule has 0 aromatic heterocycles. The van der Waals surface area contributed by atoms with Crippen molar-refractivity contribution in [3.8, 4) is 0 Å². The topological polar surface area (TPSA) is 57.6 Å². The highest BCUT2D eigenvalue weighted by Crippen LogP contribution is 2.45. The Hall–Kier alpha value is -2.95. The molecule has 1 heterocycles. The van der Waals surface area contributed by atoms with Gasteiger partial charge < -0.3 is 10.0 Å². The van der Waals surface area contributed by atoms with Crippen molar-refractivity contribution in [1.82, 2.24) is 0 Å². The number of fused-ring (bicyclic) bond motifs is 1. The van der Waals surface area contributed by atoms with Crippen molar-refractivity contribution in [1.29, 1.82) is 0 Å². The van der Waals surface area contributed by atoms with Gasteiger partial charge in [-0.25, -0.2) is 0 Å². The maximum absolute atomic E-state index is 13.5. The van der Waals surface area contributed by atoms with Gasteiger partial charge in [-0.2, -0.15) is 0 Å². The number of Topliss-reactive ketones (excluding diaryl/α,β-unsaturated/α-hetero) is 1. The average molecular weight is 434 g/mol. The second-order valence-corrected chi connectivity index (χ2v) is 8.75. The number of aliphatic hydroxyl groups is 1. The van der Waals surface area contributed by atoms with Gasteiger partial charge in [-0.3, -0.25) is 9.59 Å². The fourth-order valence-electron chi connectivity index (χ4n) is 4.12. The van der Waals surface area contributed by atoms with Gasteiger partial charge >= 0.3 is 0 Å². The molecular formula is C26H24ClNO3. The van der Waals surface area contributed by atoms with Crippen LogP contribution in [0.5, 0.6) is 0 Å². The summed E-state index contributed by atoms with van der Waals surface area (Å²) in [4.78, 5) is 28.0. The largest absolute Gasteiger partial charge is 0.375 e. The molecule has 0 saturated carbocycles. The van der Waals surface area contributed by atoms with Crippen LogP contribution in [0.15, 0.2) is 60.7 Å². The summed E-state index contributed by atoms with van der Waals surface area (Å²) in [5.74, 6) is -0.805. The number of amides is 1. The van der Waals surface area contributed by atoms with Crippen LogP contribution >= 0.6 is 11.6 Å². The van der Waals surface area contributed by atoms with E-state index in [4.69, 9.17) is 11.6 Å². The quantitative estimate of drug-likeness (QED) is 0.557. The van der Waals surface area contributed by atoms with Crippen molar-refractivity contribution in [3.63, 3.8) is 0 Å². The standard InChI is InChI=1S/C26H24ClNO3/c1-16-4-7-19(8-5-16)24(29)14-26(31)22-13-21(27)10-11-23(22)28(25(26)30)15-20-9-6-17(2)12-18(20)3/h4-13,31H,14-15H2,1-3H3. The summed E-state index contributed by atoms with van der Waals surface area (Å²) < 4.78 is 0. The normalized spacial score (nSPS) is 17.7. The minimum absolute atomic E-state index is 0.296. The van der Waals surface area contributed by atoms with E-state index in [-0.39, 0.29) is 12.2 Å². The van der Waals surface area contributed by atoms with Gasteiger partial charge in [0.15, 0.2) is 11.4 Å². The summed E-state index contributed by atoms with van der Waals surface area (Å²) >= 11 is 6.19. The summed E-state index contributed by atoms with van der Waals surface area (Å²) in [6.45, 7) is 6.26. The van der Waals surface area contributed by atoms with Crippen LogP contribution in [0.3, 0.4) is 0 Å². The predicted molar refractivity (Wildman–Crippen MR) is 123 cm³/mol. The summed E-state index contributed by atoms with van der Waals surface area (Å²) in [7, 11) is 0. The minimum atomic E-state index is -1.96. The summed E-state index contributed by atoms with van der Waals surface area (Å²) in [6, 6.07) is 18.2. The van der Waals surface area contributed by atoms with E-state index < -0.39 is 11.5 Å². The zero-order valence-corrected chi connectivity index (χ0v) is 18.5. The molecule has 3 aromatic rings. The van der Waals surface area contributed by atoms with Crippen LogP contribution in [0.4, 0.5) is 5.69 Å². The number of hydrogen-bond donors (Lipinski definition) is 1. The lowest BCUT2D eigenvalue weighted by Crippen LogP contribution is -2.41. The van der Waals surface area contributed by atoms with Gasteiger partial charge in [0.2, 0.25) is 0 Å². The second-order valence-electron chi connectivity index (χ2n) is 8.31. The van der Waals surface area contributed by atoms with Gasteiger partial charge in [-0.15, -0.1) is 0 Å². The van der Waals surface area contributed by atoms with Crippen molar-refractivity contribution in [3.05, 3.63) is 99.1 Å². The number of benzene rings is 3. The first kappa shape index (κ1) is 21.3. The molecule has 1 atom stereocenters. The molecule has 31 heavy (non-hydrogen) atoms. The van der Waals surface area contributed by atoms with Crippen LogP contribution in [0.25, 0.3) is 0 Å². The van der Waals surface area contributed by atoms with Gasteiger partial charge in [0.1, 0.15) is 0 Å². The molecule has 1 aliphatic rings. The smallest absolute Gasteiger partial charge is 0.264 e. The zero-order chi connectivity index (χ0) is 22.3. The Labute approximate surface area is 187 Å². The van der Waals surface area contributed by atoms with Gasteiger partial charge in [0, 0.05) is 16.1 Å². The lowest BCUT2D eigenvalue weighted by atomic mass is 9.88. The highest BCUT2D eigenvalue weighted by molar-refractivity contribution is 6.31. The Morgan fingerprint density at radius 1 is 0.968 bits per heavy atom. The monoisotopic (exact) mass is 433 g/mol. The predicted octanol–water partition coefficient (Wildman–Crippen LogP) is 5.27. The molecule has 0 bridgehead atoms. The number of hydrogen-bond acceptors (Lipinski definition) is 3. The highest BCUT2D eigenvalue weighted by Gasteiger charge is 2.51. The fraction of sp³-hybridized carbons (Fsp3) is 0.231. The van der Waals surface area contributed by atoms with Crippen LogP contribution in [-0.4, -0.2) is 16.8 Å². The maximum atomic E-state index is 13.5. The van der Waals surface area contributed by atoms with Crippen molar-refractivity contribution >= 4 is 29.0 Å². The molecule has 1 aliphatic heterocycles. The molecule has 4 rings (SSSR count). The first-order valence-corrected chi connectivity index (χ1v) is 10.6. The number of ketones is 1. The second kappa shape index (κ2) is 7.95. The van der Waals surface area contributed by atoms with Crippen LogP contribution in [-0.2, 0) is 16.9 Å². The summed E-state index contributed by atoms with van der Waals surface area (Å²) in [5, 5.41) is 11.9. The number of anilines is 1. The van der Waals surface area contributed by atoms with Crippen LogP contribution in [0.2, 0.25) is 5.02 Å². The molecule has 5 heteroatoms. The molecule has 0 spiro atoms. The SMILES string of the molecule is Cc1ccc(C(=O)CC2(O)C(=O)N(Cc3ccc(C)cc3C)c3ccc(Cl)cc32)cc1. The van der Waals surface area contributed by atoms with E-state index in [1.807, 2.05) is 45.0 Å². The lowest BCUT2D eigenvalue weighted by Gasteiger charge is -2.23. The Bertz CT molecular complexity index is 1190. The Morgan fingerprint density at radius 2 is 1.65 bits per heavy atom. The molecular weight excluding hydrogens is 410 g/mol. The third-order valence-corrected chi connectivity index (χ3v) is 6.15. The van der Waals surface area contributed by atoms with E-state index in [0.717, 1.165) is 22.3 Å². The molecule has 0 aliphatic carbocycles. The number of rotatable bonds is 5. The molecule has 3 aromatic carbocycles. The Balaban J connectivity index is 1.71. The zero-order valence-electron chi connectivity index (χ0n) is 17.8. The van der Waals surface area contributed by atoms with Gasteiger partial charge in [-0.05, 0) is 50.1 Å². The first-order chi connectivity index (χ1) is 14.7. The van der Waals surface area contributed by atoms with Crippen LogP contribution in [0, 0.1) is 20.8 Å². The van der Waals surface area contributed by atoms with Crippen molar-refractivity contribution in [2.45, 2.75) is 39.3 Å². The average Bonchev–Trinajstić information content (AvgIpc) is 2.92. The molecule has 1 unspecified atom stereocenters. The first-order valence-electron chi connectivity index (χ1n) is 10.2. The third kappa shape index (κ3) is 3.89.